The van der Waals surface area contributed by atoms with Crippen molar-refractivity contribution in [2.45, 2.75) is 51.6 Å². The van der Waals surface area contributed by atoms with Gasteiger partial charge in [-0.3, -0.25) is 4.79 Å². The molecule has 3 atom stereocenters. The fraction of sp³-hybridized carbons (Fsp3) is 0.562. The van der Waals surface area contributed by atoms with Gasteiger partial charge in [-0.05, 0) is 44.4 Å². The van der Waals surface area contributed by atoms with E-state index in [1.165, 1.54) is 25.7 Å². The number of benzene rings is 1. The molecule has 1 amide bonds. The Balaban J connectivity index is 1.92. The molecule has 1 saturated carbocycles. The summed E-state index contributed by atoms with van der Waals surface area (Å²) in [6.45, 7) is 4.22. The van der Waals surface area contributed by atoms with Gasteiger partial charge in [0.25, 0.3) is 5.91 Å². The van der Waals surface area contributed by atoms with Crippen molar-refractivity contribution in [3.8, 4) is 0 Å². The summed E-state index contributed by atoms with van der Waals surface area (Å²) >= 11 is 11.9. The quantitative estimate of drug-likeness (QED) is 0.872. The second-order valence-corrected chi connectivity index (χ2v) is 6.86. The number of quaternary nitrogens is 1. The Bertz CT molecular complexity index is 507. The van der Waals surface area contributed by atoms with Crippen LogP contribution in [0.1, 0.15) is 39.5 Å². The van der Waals surface area contributed by atoms with Crippen LogP contribution < -0.4 is 10.6 Å². The Morgan fingerprint density at radius 2 is 2.05 bits per heavy atom. The maximum atomic E-state index is 12.3. The van der Waals surface area contributed by atoms with E-state index >= 15 is 0 Å². The first-order valence-corrected chi connectivity index (χ1v) is 8.34. The van der Waals surface area contributed by atoms with Gasteiger partial charge in [-0.25, -0.2) is 0 Å². The molecule has 0 radical (unpaired) electrons. The van der Waals surface area contributed by atoms with Gasteiger partial charge in [0.05, 0.1) is 16.8 Å². The highest BCUT2D eigenvalue weighted by Crippen LogP contribution is 2.25. The van der Waals surface area contributed by atoms with E-state index in [1.54, 1.807) is 18.2 Å². The van der Waals surface area contributed by atoms with Crippen molar-refractivity contribution in [1.29, 1.82) is 0 Å². The van der Waals surface area contributed by atoms with Crippen LogP contribution in [-0.2, 0) is 4.79 Å². The molecule has 1 aromatic carbocycles. The van der Waals surface area contributed by atoms with Gasteiger partial charge < -0.3 is 10.6 Å². The molecule has 0 aromatic heterocycles. The summed E-state index contributed by atoms with van der Waals surface area (Å²) in [5.41, 5.74) is 0.614. The smallest absolute Gasteiger partial charge is 0.282 e. The van der Waals surface area contributed by atoms with Gasteiger partial charge in [0.1, 0.15) is 0 Å². The highest BCUT2D eigenvalue weighted by Gasteiger charge is 2.28. The van der Waals surface area contributed by atoms with Gasteiger partial charge in [-0.2, -0.15) is 0 Å². The summed E-state index contributed by atoms with van der Waals surface area (Å²) in [5.74, 6) is 0.658. The highest BCUT2D eigenvalue weighted by atomic mass is 35.5. The second-order valence-electron chi connectivity index (χ2n) is 6.02. The predicted molar refractivity (Wildman–Crippen MR) is 87.9 cm³/mol. The Morgan fingerprint density at radius 1 is 1.33 bits per heavy atom. The molecule has 1 aliphatic rings. The van der Waals surface area contributed by atoms with E-state index in [2.05, 4.69) is 17.6 Å². The van der Waals surface area contributed by atoms with Crippen molar-refractivity contribution in [3.63, 3.8) is 0 Å². The Hall–Kier alpha value is -0.770. The van der Waals surface area contributed by atoms with Crippen LogP contribution in [0.2, 0.25) is 10.0 Å². The van der Waals surface area contributed by atoms with Gasteiger partial charge in [0.15, 0.2) is 6.04 Å². The largest absolute Gasteiger partial charge is 0.334 e. The topological polar surface area (TPSA) is 45.7 Å². The minimum atomic E-state index is -0.123. The molecule has 1 fully saturated rings. The Morgan fingerprint density at radius 3 is 2.71 bits per heavy atom. The summed E-state index contributed by atoms with van der Waals surface area (Å²) in [5, 5.41) is 6.11. The average molecular weight is 330 g/mol. The molecule has 3 N–H and O–H groups in total. The number of amides is 1. The van der Waals surface area contributed by atoms with E-state index < -0.39 is 0 Å². The van der Waals surface area contributed by atoms with Crippen LogP contribution in [-0.4, -0.2) is 18.0 Å². The van der Waals surface area contributed by atoms with Crippen molar-refractivity contribution >= 4 is 34.8 Å². The van der Waals surface area contributed by atoms with Crippen molar-refractivity contribution in [3.05, 3.63) is 28.2 Å². The first kappa shape index (κ1) is 16.6. The van der Waals surface area contributed by atoms with Crippen LogP contribution in [0, 0.1) is 5.92 Å². The Labute approximate surface area is 136 Å². The third kappa shape index (κ3) is 4.60. The van der Waals surface area contributed by atoms with Gasteiger partial charge in [-0.15, -0.1) is 0 Å². The number of hydrogen-bond acceptors (Lipinski definition) is 1. The molecule has 1 aromatic rings. The normalized spacial score (nSPS) is 23.6. The summed E-state index contributed by atoms with van der Waals surface area (Å²) in [7, 11) is 0. The molecule has 1 aliphatic carbocycles. The molecule has 0 spiro atoms. The number of carbonyl (C=O) groups is 1. The number of nitrogens with two attached hydrogens (primary N) is 1. The Kier molecular flexibility index (Phi) is 5.91. The highest BCUT2D eigenvalue weighted by molar-refractivity contribution is 6.36. The van der Waals surface area contributed by atoms with Gasteiger partial charge in [0.2, 0.25) is 0 Å². The number of hydrogen-bond donors (Lipinski definition) is 2. The molecular weight excluding hydrogens is 307 g/mol. The molecule has 2 rings (SSSR count). The number of nitrogens with one attached hydrogen (secondary N) is 1. The molecule has 0 saturated heterocycles. The zero-order valence-electron chi connectivity index (χ0n) is 12.5. The molecule has 0 aliphatic heterocycles. The lowest BCUT2D eigenvalue weighted by Crippen LogP contribution is -2.97. The fourth-order valence-electron chi connectivity index (χ4n) is 2.93. The van der Waals surface area contributed by atoms with Crippen molar-refractivity contribution in [2.24, 2.45) is 5.92 Å². The molecular formula is C16H23Cl2N2O+. The number of rotatable bonds is 4. The van der Waals surface area contributed by atoms with E-state index in [1.807, 2.05) is 6.92 Å². The van der Waals surface area contributed by atoms with Crippen molar-refractivity contribution in [2.75, 3.05) is 5.32 Å². The number of anilines is 1. The van der Waals surface area contributed by atoms with Gasteiger partial charge in [0, 0.05) is 10.9 Å². The van der Waals surface area contributed by atoms with Crippen LogP contribution in [0.15, 0.2) is 18.2 Å². The second kappa shape index (κ2) is 7.48. The van der Waals surface area contributed by atoms with E-state index in [4.69, 9.17) is 23.2 Å². The maximum Gasteiger partial charge on any atom is 0.282 e. The van der Waals surface area contributed by atoms with E-state index in [-0.39, 0.29) is 11.9 Å². The summed E-state index contributed by atoms with van der Waals surface area (Å²) in [4.78, 5) is 12.3. The third-order valence-electron chi connectivity index (χ3n) is 4.32. The fourth-order valence-corrected chi connectivity index (χ4v) is 3.38. The maximum absolute atomic E-state index is 12.3. The molecule has 0 bridgehead atoms. The van der Waals surface area contributed by atoms with Crippen LogP contribution >= 0.6 is 23.2 Å². The third-order valence-corrected chi connectivity index (χ3v) is 4.86. The molecule has 5 heteroatoms. The summed E-state index contributed by atoms with van der Waals surface area (Å²) in [6, 6.07) is 5.51. The van der Waals surface area contributed by atoms with E-state index in [9.17, 15) is 4.79 Å². The van der Waals surface area contributed by atoms with Crippen LogP contribution in [0.4, 0.5) is 5.69 Å². The standard InChI is InChI=1S/C16H22Cl2N2O/c1-10-5-3-4-6-14(10)19-11(2)16(21)20-15-8-7-12(17)9-13(15)18/h7-11,14,19H,3-6H2,1-2H3,(H,20,21)/p+1/t10-,11+,14+/m1/s1. The van der Waals surface area contributed by atoms with E-state index in [0.29, 0.717) is 27.7 Å². The predicted octanol–water partition coefficient (Wildman–Crippen LogP) is 3.46. The molecule has 3 nitrogen and oxygen atoms in total. The van der Waals surface area contributed by atoms with Crippen LogP contribution in [0.3, 0.4) is 0 Å². The number of carbonyl (C=O) groups excluding carboxylic acids is 1. The zero-order valence-corrected chi connectivity index (χ0v) is 14.0. The monoisotopic (exact) mass is 329 g/mol. The average Bonchev–Trinajstić information content (AvgIpc) is 2.44. The van der Waals surface area contributed by atoms with Crippen molar-refractivity contribution in [1.82, 2.24) is 0 Å². The molecule has 0 heterocycles. The lowest BCUT2D eigenvalue weighted by molar-refractivity contribution is -0.714. The minimum absolute atomic E-state index is 0.0167. The molecule has 116 valence electrons. The first-order chi connectivity index (χ1) is 9.97. The van der Waals surface area contributed by atoms with Crippen LogP contribution in [0.25, 0.3) is 0 Å². The van der Waals surface area contributed by atoms with Gasteiger partial charge >= 0.3 is 0 Å². The first-order valence-electron chi connectivity index (χ1n) is 7.58. The lowest BCUT2D eigenvalue weighted by atomic mass is 9.85. The van der Waals surface area contributed by atoms with E-state index in [0.717, 1.165) is 0 Å². The summed E-state index contributed by atoms with van der Waals surface area (Å²) in [6.07, 6.45) is 5.04. The summed E-state index contributed by atoms with van der Waals surface area (Å²) < 4.78 is 0. The van der Waals surface area contributed by atoms with Crippen molar-refractivity contribution < 1.29 is 10.1 Å². The SMILES string of the molecule is C[C@H]([NH2+][C@H]1CCCC[C@H]1C)C(=O)Nc1ccc(Cl)cc1Cl. The zero-order chi connectivity index (χ0) is 15.4. The molecule has 21 heavy (non-hydrogen) atoms. The minimum Gasteiger partial charge on any atom is -0.334 e. The number of halogens is 2. The lowest BCUT2D eigenvalue weighted by Gasteiger charge is -2.28. The molecule has 0 unspecified atom stereocenters. The van der Waals surface area contributed by atoms with Crippen LogP contribution in [0.5, 0.6) is 0 Å². The van der Waals surface area contributed by atoms with Gasteiger partial charge in [-0.1, -0.05) is 36.5 Å².